The number of nitrogens with zero attached hydrogens (tertiary/aromatic N) is 2. The summed E-state index contributed by atoms with van der Waals surface area (Å²) >= 11 is 0. The predicted octanol–water partition coefficient (Wildman–Crippen LogP) is 0.489. The quantitative estimate of drug-likeness (QED) is 0.860. The van der Waals surface area contributed by atoms with E-state index in [4.69, 9.17) is 10.2 Å². The molecule has 0 spiro atoms. The van der Waals surface area contributed by atoms with Crippen LogP contribution >= 0.6 is 0 Å². The SMILES string of the molecule is Cn1c(=O)oc2cc(S(=O)(=O)N3CC4CCC(N)C4C3)ccc21. The fourth-order valence-corrected chi connectivity index (χ4v) is 5.44. The third-order valence-corrected chi connectivity index (χ3v) is 7.11. The van der Waals surface area contributed by atoms with Crippen LogP contribution in [0.2, 0.25) is 0 Å². The summed E-state index contributed by atoms with van der Waals surface area (Å²) in [5, 5.41) is 0. The van der Waals surface area contributed by atoms with E-state index >= 15 is 0 Å². The lowest BCUT2D eigenvalue weighted by Gasteiger charge is -2.18. The molecule has 7 nitrogen and oxygen atoms in total. The Morgan fingerprint density at radius 2 is 2.04 bits per heavy atom. The normalized spacial score (nSPS) is 28.5. The second-order valence-electron chi connectivity index (χ2n) is 6.54. The molecule has 2 aromatic rings. The summed E-state index contributed by atoms with van der Waals surface area (Å²) in [5.41, 5.74) is 6.95. The molecule has 0 amide bonds. The van der Waals surface area contributed by atoms with Gasteiger partial charge in [-0.25, -0.2) is 13.2 Å². The van der Waals surface area contributed by atoms with Crippen LogP contribution in [0.3, 0.4) is 0 Å². The molecule has 8 heteroatoms. The standard InChI is InChI=1S/C15H19N3O4S/c1-17-13-5-3-10(6-14(13)22-15(17)19)23(20,21)18-7-9-2-4-12(16)11(9)8-18/h3,5-6,9,11-12H,2,4,7-8,16H2,1H3. The van der Waals surface area contributed by atoms with Crippen molar-refractivity contribution in [2.24, 2.45) is 24.6 Å². The van der Waals surface area contributed by atoms with Crippen molar-refractivity contribution < 1.29 is 12.8 Å². The van der Waals surface area contributed by atoms with Crippen LogP contribution < -0.4 is 11.5 Å². The lowest BCUT2D eigenvalue weighted by Crippen LogP contribution is -2.33. The van der Waals surface area contributed by atoms with Gasteiger partial charge >= 0.3 is 5.76 Å². The molecule has 2 aliphatic rings. The number of hydrogen-bond donors (Lipinski definition) is 1. The fourth-order valence-electron chi connectivity index (χ4n) is 3.89. The van der Waals surface area contributed by atoms with Gasteiger partial charge < -0.3 is 10.2 Å². The van der Waals surface area contributed by atoms with Crippen LogP contribution in [0.15, 0.2) is 32.3 Å². The summed E-state index contributed by atoms with van der Waals surface area (Å²) < 4.78 is 33.7. The van der Waals surface area contributed by atoms with E-state index in [1.165, 1.54) is 21.0 Å². The second kappa shape index (κ2) is 4.93. The van der Waals surface area contributed by atoms with Gasteiger partial charge in [0.05, 0.1) is 10.4 Å². The summed E-state index contributed by atoms with van der Waals surface area (Å²) in [7, 11) is -2.00. The summed E-state index contributed by atoms with van der Waals surface area (Å²) in [4.78, 5) is 11.7. The Balaban J connectivity index is 1.70. The second-order valence-corrected chi connectivity index (χ2v) is 8.48. The van der Waals surface area contributed by atoms with Crippen molar-refractivity contribution in [1.29, 1.82) is 0 Å². The number of fused-ring (bicyclic) bond motifs is 2. The lowest BCUT2D eigenvalue weighted by atomic mass is 9.98. The molecule has 4 rings (SSSR count). The van der Waals surface area contributed by atoms with Crippen molar-refractivity contribution >= 4 is 21.1 Å². The van der Waals surface area contributed by atoms with Crippen molar-refractivity contribution in [3.8, 4) is 0 Å². The molecule has 3 atom stereocenters. The number of sulfonamides is 1. The van der Waals surface area contributed by atoms with E-state index in [1.807, 2.05) is 0 Å². The molecule has 0 radical (unpaired) electrons. The van der Waals surface area contributed by atoms with Crippen LogP contribution in [-0.2, 0) is 17.1 Å². The zero-order valence-corrected chi connectivity index (χ0v) is 13.6. The molecular weight excluding hydrogens is 318 g/mol. The van der Waals surface area contributed by atoms with Gasteiger partial charge in [0.1, 0.15) is 0 Å². The Kier molecular flexibility index (Phi) is 3.20. The highest BCUT2D eigenvalue weighted by atomic mass is 32.2. The first-order valence-corrected chi connectivity index (χ1v) is 9.17. The molecule has 1 saturated heterocycles. The Bertz CT molecular complexity index is 930. The minimum Gasteiger partial charge on any atom is -0.408 e. The summed E-state index contributed by atoms with van der Waals surface area (Å²) in [5.74, 6) is 0.109. The van der Waals surface area contributed by atoms with Crippen LogP contribution in [-0.4, -0.2) is 36.4 Å². The van der Waals surface area contributed by atoms with Gasteiger partial charge in [-0.05, 0) is 36.8 Å². The maximum absolute atomic E-state index is 12.9. The van der Waals surface area contributed by atoms with Crippen molar-refractivity contribution in [3.05, 3.63) is 28.7 Å². The molecular formula is C15H19N3O4S. The topological polar surface area (TPSA) is 98.5 Å². The van der Waals surface area contributed by atoms with Crippen molar-refractivity contribution in [3.63, 3.8) is 0 Å². The van der Waals surface area contributed by atoms with E-state index < -0.39 is 15.8 Å². The summed E-state index contributed by atoms with van der Waals surface area (Å²) in [6.07, 6.45) is 1.97. The van der Waals surface area contributed by atoms with Crippen LogP contribution in [0.4, 0.5) is 0 Å². The number of hydrogen-bond acceptors (Lipinski definition) is 5. The maximum atomic E-state index is 12.9. The third kappa shape index (κ3) is 2.16. The molecule has 1 aliphatic carbocycles. The van der Waals surface area contributed by atoms with E-state index in [2.05, 4.69) is 0 Å². The first-order valence-electron chi connectivity index (χ1n) is 7.73. The molecule has 2 N–H and O–H groups in total. The monoisotopic (exact) mass is 337 g/mol. The number of aromatic nitrogens is 1. The van der Waals surface area contributed by atoms with Gasteiger partial charge in [0, 0.05) is 32.2 Å². The van der Waals surface area contributed by atoms with E-state index in [9.17, 15) is 13.2 Å². The summed E-state index contributed by atoms with van der Waals surface area (Å²) in [6.45, 7) is 1.00. The highest BCUT2D eigenvalue weighted by Gasteiger charge is 2.45. The largest absolute Gasteiger partial charge is 0.419 e. The van der Waals surface area contributed by atoms with Crippen molar-refractivity contribution in [1.82, 2.24) is 8.87 Å². The molecule has 2 heterocycles. The number of aryl methyl sites for hydroxylation is 1. The molecule has 124 valence electrons. The van der Waals surface area contributed by atoms with Crippen LogP contribution in [0.5, 0.6) is 0 Å². The van der Waals surface area contributed by atoms with Gasteiger partial charge in [-0.2, -0.15) is 4.31 Å². The Morgan fingerprint density at radius 3 is 2.78 bits per heavy atom. The molecule has 1 aromatic heterocycles. The molecule has 2 fully saturated rings. The Morgan fingerprint density at radius 1 is 1.26 bits per heavy atom. The first-order chi connectivity index (χ1) is 10.9. The highest BCUT2D eigenvalue weighted by Crippen LogP contribution is 2.39. The average Bonchev–Trinajstić information content (AvgIpc) is 3.16. The van der Waals surface area contributed by atoms with E-state index in [1.54, 1.807) is 13.1 Å². The molecule has 1 aromatic carbocycles. The number of nitrogens with two attached hydrogens (primary N) is 1. The van der Waals surface area contributed by atoms with E-state index in [0.717, 1.165) is 12.8 Å². The van der Waals surface area contributed by atoms with Gasteiger partial charge in [0.2, 0.25) is 10.0 Å². The number of rotatable bonds is 2. The Labute approximate surface area is 133 Å². The van der Waals surface area contributed by atoms with Gasteiger partial charge in [-0.3, -0.25) is 4.57 Å². The number of benzene rings is 1. The summed E-state index contributed by atoms with van der Waals surface area (Å²) in [6, 6.07) is 4.66. The third-order valence-electron chi connectivity index (χ3n) is 5.28. The minimum atomic E-state index is -3.59. The van der Waals surface area contributed by atoms with Crippen molar-refractivity contribution in [2.75, 3.05) is 13.1 Å². The van der Waals surface area contributed by atoms with Crippen LogP contribution in [0.25, 0.3) is 11.1 Å². The zero-order valence-electron chi connectivity index (χ0n) is 12.8. The minimum absolute atomic E-state index is 0.0924. The fraction of sp³-hybridized carbons (Fsp3) is 0.533. The smallest absolute Gasteiger partial charge is 0.408 e. The first kappa shape index (κ1) is 14.9. The van der Waals surface area contributed by atoms with E-state index in [0.29, 0.717) is 24.5 Å². The van der Waals surface area contributed by atoms with Gasteiger partial charge in [-0.15, -0.1) is 0 Å². The number of oxazole rings is 1. The van der Waals surface area contributed by atoms with Crippen LogP contribution in [0, 0.1) is 11.8 Å². The molecule has 0 bridgehead atoms. The predicted molar refractivity (Wildman–Crippen MR) is 84.4 cm³/mol. The lowest BCUT2D eigenvalue weighted by molar-refractivity contribution is 0.427. The molecule has 1 aliphatic heterocycles. The zero-order chi connectivity index (χ0) is 16.4. The molecule has 1 saturated carbocycles. The molecule has 23 heavy (non-hydrogen) atoms. The molecule has 3 unspecified atom stereocenters. The maximum Gasteiger partial charge on any atom is 0.419 e. The average molecular weight is 337 g/mol. The van der Waals surface area contributed by atoms with Gasteiger partial charge in [0.15, 0.2) is 5.58 Å². The van der Waals surface area contributed by atoms with Gasteiger partial charge in [0.25, 0.3) is 0 Å². The Hall–Kier alpha value is -1.64. The van der Waals surface area contributed by atoms with Crippen LogP contribution in [0.1, 0.15) is 12.8 Å². The van der Waals surface area contributed by atoms with Crippen molar-refractivity contribution in [2.45, 2.75) is 23.8 Å². The highest BCUT2D eigenvalue weighted by molar-refractivity contribution is 7.89. The van der Waals surface area contributed by atoms with E-state index in [-0.39, 0.29) is 22.4 Å². The van der Waals surface area contributed by atoms with Gasteiger partial charge in [-0.1, -0.05) is 0 Å².